The molecule has 0 saturated carbocycles. The summed E-state index contributed by atoms with van der Waals surface area (Å²) in [5, 5.41) is 9.04. The summed E-state index contributed by atoms with van der Waals surface area (Å²) in [6.45, 7) is 1.62. The van der Waals surface area contributed by atoms with Crippen LogP contribution < -0.4 is 4.90 Å². The normalized spacial score (nSPS) is 18.9. The SMILES string of the molecule is CN(CC1CCCO1)c1cc(Br)cc(C(=O)O)c1. The molecule has 1 aliphatic heterocycles. The number of likely N-dealkylation sites (N-methyl/N-ethyl adjacent to an activating group) is 1. The second kappa shape index (κ2) is 5.71. The number of carboxylic acid groups (broad SMARTS) is 1. The van der Waals surface area contributed by atoms with E-state index in [1.165, 1.54) is 0 Å². The molecule has 5 heteroatoms. The number of benzene rings is 1. The van der Waals surface area contributed by atoms with Gasteiger partial charge in [-0.1, -0.05) is 15.9 Å². The molecule has 0 aromatic heterocycles. The number of hydrogen-bond donors (Lipinski definition) is 1. The minimum absolute atomic E-state index is 0.252. The van der Waals surface area contributed by atoms with E-state index in [1.807, 2.05) is 18.0 Å². The second-order valence-electron chi connectivity index (χ2n) is 4.52. The van der Waals surface area contributed by atoms with Crippen molar-refractivity contribution < 1.29 is 14.6 Å². The Morgan fingerprint density at radius 3 is 2.94 bits per heavy atom. The van der Waals surface area contributed by atoms with Crippen LogP contribution in [-0.4, -0.2) is 37.4 Å². The summed E-state index contributed by atoms with van der Waals surface area (Å²) >= 11 is 3.34. The number of carboxylic acids is 1. The van der Waals surface area contributed by atoms with Crippen LogP contribution >= 0.6 is 15.9 Å². The number of carbonyl (C=O) groups is 1. The smallest absolute Gasteiger partial charge is 0.335 e. The van der Waals surface area contributed by atoms with Crippen LogP contribution in [0.4, 0.5) is 5.69 Å². The minimum atomic E-state index is -0.914. The zero-order chi connectivity index (χ0) is 13.1. The lowest BCUT2D eigenvalue weighted by molar-refractivity contribution is 0.0697. The Morgan fingerprint density at radius 2 is 2.33 bits per heavy atom. The number of aromatic carboxylic acids is 1. The molecule has 1 saturated heterocycles. The number of nitrogens with zero attached hydrogens (tertiary/aromatic N) is 1. The van der Waals surface area contributed by atoms with E-state index < -0.39 is 5.97 Å². The minimum Gasteiger partial charge on any atom is -0.478 e. The number of rotatable bonds is 4. The number of halogens is 1. The van der Waals surface area contributed by atoms with E-state index in [4.69, 9.17) is 9.84 Å². The third-order valence-electron chi connectivity index (χ3n) is 3.07. The zero-order valence-electron chi connectivity index (χ0n) is 10.2. The summed E-state index contributed by atoms with van der Waals surface area (Å²) < 4.78 is 6.36. The summed E-state index contributed by atoms with van der Waals surface area (Å²) in [7, 11) is 1.95. The molecule has 1 fully saturated rings. The van der Waals surface area contributed by atoms with Crippen molar-refractivity contribution >= 4 is 27.6 Å². The molecule has 0 bridgehead atoms. The summed E-state index contributed by atoms with van der Waals surface area (Å²) in [6.07, 6.45) is 2.43. The van der Waals surface area contributed by atoms with Gasteiger partial charge < -0.3 is 14.7 Å². The summed E-state index contributed by atoms with van der Waals surface area (Å²) in [5.74, 6) is -0.914. The van der Waals surface area contributed by atoms with E-state index >= 15 is 0 Å². The van der Waals surface area contributed by atoms with Crippen LogP contribution in [0.5, 0.6) is 0 Å². The largest absolute Gasteiger partial charge is 0.478 e. The predicted molar refractivity (Wildman–Crippen MR) is 73.3 cm³/mol. The van der Waals surface area contributed by atoms with Gasteiger partial charge in [0, 0.05) is 30.4 Å². The van der Waals surface area contributed by atoms with E-state index in [-0.39, 0.29) is 6.10 Å². The van der Waals surface area contributed by atoms with Gasteiger partial charge in [-0.15, -0.1) is 0 Å². The molecule has 4 nitrogen and oxygen atoms in total. The summed E-state index contributed by atoms with van der Waals surface area (Å²) in [6, 6.07) is 5.20. The Labute approximate surface area is 115 Å². The van der Waals surface area contributed by atoms with Gasteiger partial charge in [-0.3, -0.25) is 0 Å². The van der Waals surface area contributed by atoms with Crippen LogP contribution in [0.3, 0.4) is 0 Å². The Balaban J connectivity index is 2.13. The molecular weight excluding hydrogens is 298 g/mol. The molecule has 2 rings (SSSR count). The van der Waals surface area contributed by atoms with E-state index in [2.05, 4.69) is 15.9 Å². The molecule has 1 atom stereocenters. The van der Waals surface area contributed by atoms with Gasteiger partial charge in [0.2, 0.25) is 0 Å². The Bertz CT molecular complexity index is 444. The van der Waals surface area contributed by atoms with E-state index in [0.29, 0.717) is 5.56 Å². The van der Waals surface area contributed by atoms with Gasteiger partial charge in [0.1, 0.15) is 0 Å². The maximum absolute atomic E-state index is 11.0. The lowest BCUT2D eigenvalue weighted by Crippen LogP contribution is -2.28. The Morgan fingerprint density at radius 1 is 1.56 bits per heavy atom. The van der Waals surface area contributed by atoms with Gasteiger partial charge >= 0.3 is 5.97 Å². The first-order valence-electron chi connectivity index (χ1n) is 5.93. The van der Waals surface area contributed by atoms with Crippen LogP contribution in [-0.2, 0) is 4.74 Å². The quantitative estimate of drug-likeness (QED) is 0.928. The molecule has 0 spiro atoms. The maximum Gasteiger partial charge on any atom is 0.335 e. The fourth-order valence-corrected chi connectivity index (χ4v) is 2.60. The molecule has 98 valence electrons. The molecule has 1 aliphatic rings. The molecule has 18 heavy (non-hydrogen) atoms. The third-order valence-corrected chi connectivity index (χ3v) is 3.53. The van der Waals surface area contributed by atoms with E-state index in [1.54, 1.807) is 12.1 Å². The van der Waals surface area contributed by atoms with Crippen LogP contribution in [0.2, 0.25) is 0 Å². The van der Waals surface area contributed by atoms with Crippen LogP contribution in [0.1, 0.15) is 23.2 Å². The number of ether oxygens (including phenoxy) is 1. The van der Waals surface area contributed by atoms with Crippen molar-refractivity contribution in [1.29, 1.82) is 0 Å². The molecule has 0 aliphatic carbocycles. The zero-order valence-corrected chi connectivity index (χ0v) is 11.8. The van der Waals surface area contributed by atoms with E-state index in [9.17, 15) is 4.79 Å². The van der Waals surface area contributed by atoms with Crippen molar-refractivity contribution in [3.05, 3.63) is 28.2 Å². The summed E-state index contributed by atoms with van der Waals surface area (Å²) in [4.78, 5) is 13.0. The van der Waals surface area contributed by atoms with Gasteiger partial charge in [0.15, 0.2) is 0 Å². The van der Waals surface area contributed by atoms with Gasteiger partial charge in [-0.2, -0.15) is 0 Å². The monoisotopic (exact) mass is 313 g/mol. The molecule has 1 N–H and O–H groups in total. The third kappa shape index (κ3) is 3.23. The lowest BCUT2D eigenvalue weighted by atomic mass is 10.1. The molecule has 1 heterocycles. The highest BCUT2D eigenvalue weighted by Crippen LogP contribution is 2.24. The second-order valence-corrected chi connectivity index (χ2v) is 5.43. The molecule has 1 aromatic carbocycles. The van der Waals surface area contributed by atoms with Gasteiger partial charge in [-0.05, 0) is 31.0 Å². The van der Waals surface area contributed by atoms with Crippen LogP contribution in [0.15, 0.2) is 22.7 Å². The summed E-state index contributed by atoms with van der Waals surface area (Å²) in [5.41, 5.74) is 1.18. The maximum atomic E-state index is 11.0. The number of anilines is 1. The van der Waals surface area contributed by atoms with Crippen molar-refractivity contribution in [2.45, 2.75) is 18.9 Å². The first kappa shape index (κ1) is 13.4. The van der Waals surface area contributed by atoms with E-state index in [0.717, 1.165) is 36.2 Å². The van der Waals surface area contributed by atoms with Crippen LogP contribution in [0.25, 0.3) is 0 Å². The average molecular weight is 314 g/mol. The highest BCUT2D eigenvalue weighted by atomic mass is 79.9. The predicted octanol–water partition coefficient (Wildman–Crippen LogP) is 2.76. The molecule has 0 amide bonds. The fraction of sp³-hybridized carbons (Fsp3) is 0.462. The topological polar surface area (TPSA) is 49.8 Å². The first-order valence-corrected chi connectivity index (χ1v) is 6.72. The molecule has 0 radical (unpaired) electrons. The van der Waals surface area contributed by atoms with Crippen molar-refractivity contribution in [2.75, 3.05) is 25.1 Å². The molecule has 1 aromatic rings. The molecular formula is C13H16BrNO3. The van der Waals surface area contributed by atoms with Gasteiger partial charge in [0.25, 0.3) is 0 Å². The van der Waals surface area contributed by atoms with Crippen molar-refractivity contribution in [3.8, 4) is 0 Å². The van der Waals surface area contributed by atoms with Gasteiger partial charge in [-0.25, -0.2) is 4.79 Å². The standard InChI is InChI=1S/C13H16BrNO3/c1-15(8-12-3-2-4-18-12)11-6-9(13(16)17)5-10(14)7-11/h5-7,12H,2-4,8H2,1H3,(H,16,17). The Hall–Kier alpha value is -1.07. The average Bonchev–Trinajstić information content (AvgIpc) is 2.80. The fourth-order valence-electron chi connectivity index (χ4n) is 2.12. The van der Waals surface area contributed by atoms with Crippen LogP contribution in [0, 0.1) is 0 Å². The first-order chi connectivity index (χ1) is 8.56. The lowest BCUT2D eigenvalue weighted by Gasteiger charge is -2.23. The van der Waals surface area contributed by atoms with Gasteiger partial charge in [0.05, 0.1) is 11.7 Å². The Kier molecular flexibility index (Phi) is 4.24. The van der Waals surface area contributed by atoms with Crippen molar-refractivity contribution in [1.82, 2.24) is 0 Å². The highest BCUT2D eigenvalue weighted by molar-refractivity contribution is 9.10. The molecule has 1 unspecified atom stereocenters. The number of hydrogen-bond acceptors (Lipinski definition) is 3. The van der Waals surface area contributed by atoms with Crippen molar-refractivity contribution in [3.63, 3.8) is 0 Å². The van der Waals surface area contributed by atoms with Crippen molar-refractivity contribution in [2.24, 2.45) is 0 Å². The highest BCUT2D eigenvalue weighted by Gasteiger charge is 2.18.